The van der Waals surface area contributed by atoms with E-state index < -0.39 is 6.10 Å². The van der Waals surface area contributed by atoms with Crippen molar-refractivity contribution in [1.82, 2.24) is 0 Å². The van der Waals surface area contributed by atoms with E-state index >= 15 is 0 Å². The maximum Gasteiger partial charge on any atom is 0.159 e. The van der Waals surface area contributed by atoms with Gasteiger partial charge in [0.2, 0.25) is 0 Å². The second-order valence-corrected chi connectivity index (χ2v) is 3.07. The van der Waals surface area contributed by atoms with Crippen molar-refractivity contribution in [1.29, 1.82) is 0 Å². The molecule has 2 unspecified atom stereocenters. The lowest BCUT2D eigenvalue weighted by atomic mass is 9.92. The molecule has 0 saturated heterocycles. The molecule has 0 bridgehead atoms. The van der Waals surface area contributed by atoms with Gasteiger partial charge < -0.3 is 5.11 Å². The van der Waals surface area contributed by atoms with Crippen molar-refractivity contribution in [3.05, 3.63) is 23.8 Å². The standard InChI is InChI=1S/C9H10O2/c10-8-3-1-2-6-7(8)4-5-9(6)11/h1-3,7-8,10H,4-5H2. The molecule has 1 saturated carbocycles. The van der Waals surface area contributed by atoms with Gasteiger partial charge in [-0.2, -0.15) is 0 Å². The molecule has 58 valence electrons. The second-order valence-electron chi connectivity index (χ2n) is 3.07. The molecule has 0 heterocycles. The zero-order valence-electron chi connectivity index (χ0n) is 6.16. The van der Waals surface area contributed by atoms with Gasteiger partial charge in [0.25, 0.3) is 0 Å². The van der Waals surface area contributed by atoms with E-state index in [0.717, 1.165) is 12.0 Å². The number of aliphatic hydroxyl groups excluding tert-OH is 1. The highest BCUT2D eigenvalue weighted by atomic mass is 16.3. The molecule has 1 N–H and O–H groups in total. The van der Waals surface area contributed by atoms with Gasteiger partial charge in [-0.15, -0.1) is 0 Å². The van der Waals surface area contributed by atoms with Crippen LogP contribution in [0.5, 0.6) is 0 Å². The third kappa shape index (κ3) is 0.942. The molecule has 2 aliphatic carbocycles. The van der Waals surface area contributed by atoms with Crippen LogP contribution in [0.2, 0.25) is 0 Å². The van der Waals surface area contributed by atoms with Crippen LogP contribution in [0.15, 0.2) is 23.8 Å². The SMILES string of the molecule is O=C1CCC2C1=CC=CC2O. The number of ketones is 1. The lowest BCUT2D eigenvalue weighted by Crippen LogP contribution is -2.19. The lowest BCUT2D eigenvalue weighted by Gasteiger charge is -2.17. The highest BCUT2D eigenvalue weighted by Gasteiger charge is 2.33. The summed E-state index contributed by atoms with van der Waals surface area (Å²) in [7, 11) is 0. The van der Waals surface area contributed by atoms with Gasteiger partial charge in [-0.1, -0.05) is 18.2 Å². The van der Waals surface area contributed by atoms with Crippen molar-refractivity contribution in [2.24, 2.45) is 5.92 Å². The van der Waals surface area contributed by atoms with Crippen LogP contribution in [0.3, 0.4) is 0 Å². The maximum atomic E-state index is 11.1. The molecular weight excluding hydrogens is 140 g/mol. The predicted molar refractivity (Wildman–Crippen MR) is 41.0 cm³/mol. The largest absolute Gasteiger partial charge is 0.388 e. The quantitative estimate of drug-likeness (QED) is 0.555. The van der Waals surface area contributed by atoms with Crippen LogP contribution >= 0.6 is 0 Å². The van der Waals surface area contributed by atoms with Gasteiger partial charge in [0.05, 0.1) is 6.10 Å². The minimum atomic E-state index is -0.429. The molecule has 0 aliphatic heterocycles. The summed E-state index contributed by atoms with van der Waals surface area (Å²) in [6, 6.07) is 0. The number of carbonyl (C=O) groups excluding carboxylic acids is 1. The van der Waals surface area contributed by atoms with Gasteiger partial charge >= 0.3 is 0 Å². The summed E-state index contributed by atoms with van der Waals surface area (Å²) in [4.78, 5) is 11.1. The summed E-state index contributed by atoms with van der Waals surface area (Å²) < 4.78 is 0. The molecule has 1 fully saturated rings. The van der Waals surface area contributed by atoms with Crippen molar-refractivity contribution in [2.45, 2.75) is 18.9 Å². The van der Waals surface area contributed by atoms with Crippen LogP contribution < -0.4 is 0 Å². The van der Waals surface area contributed by atoms with Crippen LogP contribution in [0.25, 0.3) is 0 Å². The lowest BCUT2D eigenvalue weighted by molar-refractivity contribution is -0.114. The monoisotopic (exact) mass is 150 g/mol. The zero-order chi connectivity index (χ0) is 7.84. The first-order chi connectivity index (χ1) is 5.29. The molecule has 0 radical (unpaired) electrons. The molecule has 0 amide bonds. The Morgan fingerprint density at radius 1 is 1.55 bits per heavy atom. The van der Waals surface area contributed by atoms with Crippen molar-refractivity contribution in [3.63, 3.8) is 0 Å². The smallest absolute Gasteiger partial charge is 0.159 e. The summed E-state index contributed by atoms with van der Waals surface area (Å²) in [6.07, 6.45) is 6.33. The van der Waals surface area contributed by atoms with Crippen molar-refractivity contribution in [2.75, 3.05) is 0 Å². The number of carbonyl (C=O) groups is 1. The first-order valence-electron chi connectivity index (χ1n) is 3.88. The fourth-order valence-electron chi connectivity index (χ4n) is 1.77. The summed E-state index contributed by atoms with van der Waals surface area (Å²) in [5.74, 6) is 0.297. The Labute approximate surface area is 65.2 Å². The molecule has 2 aliphatic rings. The van der Waals surface area contributed by atoms with E-state index in [1.165, 1.54) is 0 Å². The third-order valence-corrected chi connectivity index (χ3v) is 2.40. The van der Waals surface area contributed by atoms with E-state index in [-0.39, 0.29) is 11.7 Å². The van der Waals surface area contributed by atoms with Crippen molar-refractivity contribution >= 4 is 5.78 Å². The summed E-state index contributed by atoms with van der Waals surface area (Å²) in [6.45, 7) is 0. The Hall–Kier alpha value is -0.890. The number of hydrogen-bond donors (Lipinski definition) is 1. The fraction of sp³-hybridized carbons (Fsp3) is 0.444. The molecule has 0 aromatic rings. The molecule has 2 rings (SSSR count). The van der Waals surface area contributed by atoms with Crippen molar-refractivity contribution < 1.29 is 9.90 Å². The Kier molecular flexibility index (Phi) is 1.43. The van der Waals surface area contributed by atoms with E-state index in [2.05, 4.69) is 0 Å². The average Bonchev–Trinajstić information content (AvgIpc) is 2.35. The Balaban J connectivity index is 2.34. The normalized spacial score (nSPS) is 35.4. The van der Waals surface area contributed by atoms with Crippen LogP contribution in [0.4, 0.5) is 0 Å². The molecule has 2 atom stereocenters. The first-order valence-corrected chi connectivity index (χ1v) is 3.88. The molecule has 11 heavy (non-hydrogen) atoms. The van der Waals surface area contributed by atoms with Crippen LogP contribution in [-0.2, 0) is 4.79 Å². The highest BCUT2D eigenvalue weighted by molar-refractivity contribution is 5.98. The van der Waals surface area contributed by atoms with Crippen LogP contribution in [-0.4, -0.2) is 17.0 Å². The van der Waals surface area contributed by atoms with Crippen molar-refractivity contribution in [3.8, 4) is 0 Å². The minimum absolute atomic E-state index is 0.0903. The predicted octanol–water partition coefficient (Wildman–Crippen LogP) is 0.823. The summed E-state index contributed by atoms with van der Waals surface area (Å²) in [5.41, 5.74) is 0.819. The minimum Gasteiger partial charge on any atom is -0.388 e. The number of hydrogen-bond acceptors (Lipinski definition) is 2. The van der Waals surface area contributed by atoms with Gasteiger partial charge in [0.15, 0.2) is 5.78 Å². The molecule has 0 spiro atoms. The number of aliphatic hydroxyl groups is 1. The molecule has 0 aromatic heterocycles. The van der Waals surface area contributed by atoms with Crippen LogP contribution in [0, 0.1) is 5.92 Å². The Bertz CT molecular complexity index is 250. The maximum absolute atomic E-state index is 11.1. The van der Waals surface area contributed by atoms with E-state index in [4.69, 9.17) is 0 Å². The van der Waals surface area contributed by atoms with E-state index in [0.29, 0.717) is 6.42 Å². The van der Waals surface area contributed by atoms with Gasteiger partial charge in [-0.25, -0.2) is 0 Å². The topological polar surface area (TPSA) is 37.3 Å². The van der Waals surface area contributed by atoms with E-state index in [1.54, 1.807) is 12.2 Å². The number of allylic oxidation sites excluding steroid dienone is 2. The fourth-order valence-corrected chi connectivity index (χ4v) is 1.77. The number of Topliss-reactive ketones (excluding diaryl/α,β-unsaturated/α-hetero) is 1. The molecule has 0 aromatic carbocycles. The Morgan fingerprint density at radius 2 is 2.36 bits per heavy atom. The summed E-state index contributed by atoms with van der Waals surface area (Å²) in [5, 5.41) is 9.42. The highest BCUT2D eigenvalue weighted by Crippen LogP contribution is 2.33. The summed E-state index contributed by atoms with van der Waals surface area (Å²) >= 11 is 0. The second kappa shape index (κ2) is 2.31. The first kappa shape index (κ1) is 6.80. The Morgan fingerprint density at radius 3 is 3.09 bits per heavy atom. The van der Waals surface area contributed by atoms with E-state index in [1.807, 2.05) is 6.08 Å². The molecule has 2 heteroatoms. The van der Waals surface area contributed by atoms with Gasteiger partial charge in [0.1, 0.15) is 0 Å². The molecule has 2 nitrogen and oxygen atoms in total. The van der Waals surface area contributed by atoms with Gasteiger partial charge in [0, 0.05) is 17.9 Å². The van der Waals surface area contributed by atoms with Gasteiger partial charge in [-0.05, 0) is 6.42 Å². The number of rotatable bonds is 0. The zero-order valence-corrected chi connectivity index (χ0v) is 6.16. The number of fused-ring (bicyclic) bond motifs is 1. The van der Waals surface area contributed by atoms with E-state index in [9.17, 15) is 9.90 Å². The van der Waals surface area contributed by atoms with Gasteiger partial charge in [-0.3, -0.25) is 4.79 Å². The average molecular weight is 150 g/mol. The third-order valence-electron chi connectivity index (χ3n) is 2.40. The molecular formula is C9H10O2. The van der Waals surface area contributed by atoms with Crippen LogP contribution in [0.1, 0.15) is 12.8 Å².